The van der Waals surface area contributed by atoms with Gasteiger partial charge in [-0.05, 0) is 47.9 Å². The van der Waals surface area contributed by atoms with E-state index in [1.54, 1.807) is 0 Å². The van der Waals surface area contributed by atoms with Gasteiger partial charge in [-0.1, -0.05) is 48.5 Å². The van der Waals surface area contributed by atoms with E-state index in [1.165, 1.54) is 0 Å². The van der Waals surface area contributed by atoms with Crippen LogP contribution >= 0.6 is 0 Å². The van der Waals surface area contributed by atoms with Gasteiger partial charge >= 0.3 is 12.1 Å². The Bertz CT molecular complexity index is 1110. The van der Waals surface area contributed by atoms with Gasteiger partial charge in [0.25, 0.3) is 0 Å². The fraction of sp³-hybridized carbons (Fsp3) is 0.444. The van der Waals surface area contributed by atoms with Crippen LogP contribution in [-0.4, -0.2) is 54.0 Å². The molecule has 2 unspecified atom stereocenters. The Morgan fingerprint density at radius 3 is 2.26 bits per heavy atom. The van der Waals surface area contributed by atoms with Crippen molar-refractivity contribution in [2.24, 2.45) is 5.92 Å². The molecule has 0 bridgehead atoms. The van der Waals surface area contributed by atoms with E-state index in [4.69, 9.17) is 9.47 Å². The molecule has 1 aliphatic heterocycles. The van der Waals surface area contributed by atoms with E-state index in [-0.39, 0.29) is 44.5 Å². The minimum Gasteiger partial charge on any atom is -0.479 e. The van der Waals surface area contributed by atoms with Crippen molar-refractivity contribution in [3.63, 3.8) is 0 Å². The number of rotatable bonds is 8. The summed E-state index contributed by atoms with van der Waals surface area (Å²) in [5.41, 5.74) is 2.32. The van der Waals surface area contributed by atoms with Crippen LogP contribution in [0.15, 0.2) is 48.5 Å². The van der Waals surface area contributed by atoms with Crippen molar-refractivity contribution < 1.29 is 29.0 Å². The summed E-state index contributed by atoms with van der Waals surface area (Å²) < 4.78 is 10.9. The number of aliphatic carboxylic acids is 1. The van der Waals surface area contributed by atoms with Crippen LogP contribution in [-0.2, 0) is 19.1 Å². The van der Waals surface area contributed by atoms with Gasteiger partial charge in [-0.2, -0.15) is 0 Å². The van der Waals surface area contributed by atoms with E-state index in [9.17, 15) is 19.5 Å². The minimum atomic E-state index is -1.41. The molecule has 184 valence electrons. The molecule has 5 rings (SSSR count). The maximum Gasteiger partial charge on any atom is 0.407 e. The van der Waals surface area contributed by atoms with Gasteiger partial charge in [-0.15, -0.1) is 0 Å². The molecule has 0 aromatic heterocycles. The molecule has 8 heteroatoms. The Labute approximate surface area is 204 Å². The molecule has 1 saturated carbocycles. The van der Waals surface area contributed by atoms with Gasteiger partial charge in [-0.3, -0.25) is 4.79 Å². The van der Waals surface area contributed by atoms with Gasteiger partial charge in [-0.25, -0.2) is 9.59 Å². The lowest BCUT2D eigenvalue weighted by Gasteiger charge is -2.32. The minimum absolute atomic E-state index is 0.0309. The molecular formula is C27H30N2O6. The summed E-state index contributed by atoms with van der Waals surface area (Å²) >= 11 is 0. The first-order valence-electron chi connectivity index (χ1n) is 12.1. The number of amides is 2. The largest absolute Gasteiger partial charge is 0.479 e. The van der Waals surface area contributed by atoms with Gasteiger partial charge < -0.3 is 25.2 Å². The number of nitrogens with one attached hydrogen (secondary N) is 2. The quantitative estimate of drug-likeness (QED) is 0.536. The van der Waals surface area contributed by atoms with Gasteiger partial charge in [0.05, 0.1) is 12.1 Å². The topological polar surface area (TPSA) is 114 Å². The second-order valence-corrected chi connectivity index (χ2v) is 10.1. The fourth-order valence-corrected chi connectivity index (χ4v) is 5.41. The number of carboxylic acid groups (broad SMARTS) is 1. The van der Waals surface area contributed by atoms with E-state index < -0.39 is 29.0 Å². The molecule has 3 N–H and O–H groups in total. The number of carbonyl (C=O) groups is 3. The smallest absolute Gasteiger partial charge is 0.407 e. The van der Waals surface area contributed by atoms with E-state index in [2.05, 4.69) is 34.9 Å². The molecule has 0 radical (unpaired) electrons. The molecular weight excluding hydrogens is 448 g/mol. The normalized spacial score (nSPS) is 22.5. The van der Waals surface area contributed by atoms with Crippen LogP contribution in [0.25, 0.3) is 11.1 Å². The second kappa shape index (κ2) is 9.00. The van der Waals surface area contributed by atoms with E-state index >= 15 is 0 Å². The highest BCUT2D eigenvalue weighted by Crippen LogP contribution is 2.45. The third-order valence-electron chi connectivity index (χ3n) is 7.55. The Morgan fingerprint density at radius 1 is 1.09 bits per heavy atom. The summed E-state index contributed by atoms with van der Waals surface area (Å²) in [7, 11) is 0. The SMILES string of the molecule is CC(CC(=O)NC1(C(=O)O)CCOC1)(NC(=O)OCC1c2ccccc2-c2ccccc21)C1CC1. The first-order chi connectivity index (χ1) is 16.8. The zero-order valence-electron chi connectivity index (χ0n) is 19.7. The fourth-order valence-electron chi connectivity index (χ4n) is 5.41. The van der Waals surface area contributed by atoms with E-state index in [0.29, 0.717) is 0 Å². The molecule has 1 saturated heterocycles. The summed E-state index contributed by atoms with van der Waals surface area (Å²) in [4.78, 5) is 37.5. The summed E-state index contributed by atoms with van der Waals surface area (Å²) in [6, 6.07) is 16.3. The highest BCUT2D eigenvalue weighted by Gasteiger charge is 2.48. The highest BCUT2D eigenvalue weighted by molar-refractivity contribution is 5.88. The monoisotopic (exact) mass is 478 g/mol. The first-order valence-corrected chi connectivity index (χ1v) is 12.1. The second-order valence-electron chi connectivity index (χ2n) is 10.1. The highest BCUT2D eigenvalue weighted by atomic mass is 16.5. The number of hydrogen-bond donors (Lipinski definition) is 3. The van der Waals surface area contributed by atoms with Crippen molar-refractivity contribution >= 4 is 18.0 Å². The zero-order chi connectivity index (χ0) is 24.6. The molecule has 0 spiro atoms. The van der Waals surface area contributed by atoms with Crippen molar-refractivity contribution in [2.45, 2.75) is 49.6 Å². The number of benzene rings is 2. The summed E-state index contributed by atoms with van der Waals surface area (Å²) in [5.74, 6) is -1.46. The summed E-state index contributed by atoms with van der Waals surface area (Å²) in [6.07, 6.45) is 1.39. The molecule has 35 heavy (non-hydrogen) atoms. The molecule has 2 aromatic rings. The van der Waals surface area contributed by atoms with Crippen molar-refractivity contribution in [1.29, 1.82) is 0 Å². The van der Waals surface area contributed by atoms with Crippen molar-refractivity contribution in [3.05, 3.63) is 59.7 Å². The molecule has 2 fully saturated rings. The summed E-state index contributed by atoms with van der Waals surface area (Å²) in [5, 5.41) is 15.2. The third kappa shape index (κ3) is 4.50. The first kappa shape index (κ1) is 23.4. The van der Waals surface area contributed by atoms with Gasteiger partial charge in [0.1, 0.15) is 6.61 Å². The Morgan fingerprint density at radius 2 is 1.71 bits per heavy atom. The Balaban J connectivity index is 1.24. The number of hydrogen-bond acceptors (Lipinski definition) is 5. The number of alkyl carbamates (subject to hydrolysis) is 1. The van der Waals surface area contributed by atoms with Gasteiger partial charge in [0.2, 0.25) is 5.91 Å². The lowest BCUT2D eigenvalue weighted by molar-refractivity contribution is -0.147. The zero-order valence-corrected chi connectivity index (χ0v) is 19.7. The standard InChI is InChI=1S/C27H30N2O6/c1-26(17-10-11-17,14-23(30)28-27(24(31)32)12-13-34-16-27)29-25(33)35-15-22-20-8-4-2-6-18(20)19-7-3-5-9-21(19)22/h2-9,17,22H,10-16H2,1H3,(H,28,30)(H,29,33)(H,31,32). The molecule has 2 amide bonds. The Hall–Kier alpha value is -3.39. The Kier molecular flexibility index (Phi) is 6.01. The van der Waals surface area contributed by atoms with Gasteiger partial charge in [0, 0.05) is 25.4 Å². The lowest BCUT2D eigenvalue weighted by Crippen LogP contribution is -2.58. The predicted molar refractivity (Wildman–Crippen MR) is 128 cm³/mol. The maximum atomic E-state index is 12.9. The van der Waals surface area contributed by atoms with Crippen LogP contribution < -0.4 is 10.6 Å². The number of carbonyl (C=O) groups excluding carboxylic acids is 2. The molecule has 2 aromatic carbocycles. The maximum absolute atomic E-state index is 12.9. The van der Waals surface area contributed by atoms with Gasteiger partial charge in [0.15, 0.2) is 5.54 Å². The molecule has 8 nitrogen and oxygen atoms in total. The predicted octanol–water partition coefficient (Wildman–Crippen LogP) is 3.44. The van der Waals surface area contributed by atoms with Crippen LogP contribution in [0, 0.1) is 5.92 Å². The van der Waals surface area contributed by atoms with E-state index in [1.807, 2.05) is 31.2 Å². The van der Waals surface area contributed by atoms with Crippen LogP contribution in [0.3, 0.4) is 0 Å². The van der Waals surface area contributed by atoms with Crippen molar-refractivity contribution in [2.75, 3.05) is 19.8 Å². The van der Waals surface area contributed by atoms with Crippen molar-refractivity contribution in [3.8, 4) is 11.1 Å². The molecule has 1 heterocycles. The summed E-state index contributed by atoms with van der Waals surface area (Å²) in [6.45, 7) is 2.23. The van der Waals surface area contributed by atoms with Crippen LogP contribution in [0.2, 0.25) is 0 Å². The number of ether oxygens (including phenoxy) is 2. The number of carboxylic acids is 1. The van der Waals surface area contributed by atoms with E-state index in [0.717, 1.165) is 35.1 Å². The van der Waals surface area contributed by atoms with Crippen molar-refractivity contribution in [1.82, 2.24) is 10.6 Å². The molecule has 2 aliphatic carbocycles. The average Bonchev–Trinajstić information content (AvgIpc) is 3.51. The molecule has 2 atom stereocenters. The van der Waals surface area contributed by atoms with Crippen LogP contribution in [0.4, 0.5) is 4.79 Å². The average molecular weight is 479 g/mol. The lowest BCUT2D eigenvalue weighted by atomic mass is 9.90. The van der Waals surface area contributed by atoms with Crippen LogP contribution in [0.1, 0.15) is 49.7 Å². The third-order valence-corrected chi connectivity index (χ3v) is 7.55. The molecule has 3 aliphatic rings. The number of fused-ring (bicyclic) bond motifs is 3. The van der Waals surface area contributed by atoms with Crippen LogP contribution in [0.5, 0.6) is 0 Å².